The fourth-order valence-electron chi connectivity index (χ4n) is 3.40. The highest BCUT2D eigenvalue weighted by Gasteiger charge is 2.45. The highest BCUT2D eigenvalue weighted by atomic mass is 19.1. The van der Waals surface area contributed by atoms with Crippen molar-refractivity contribution in [3.05, 3.63) is 71.0 Å². The molecule has 1 heterocycles. The molecule has 1 unspecified atom stereocenters. The summed E-state index contributed by atoms with van der Waals surface area (Å²) in [6.07, 6.45) is 0.658. The number of likely N-dealkylation sites (tertiary alicyclic amines) is 1. The zero-order valence-corrected chi connectivity index (χ0v) is 15.8. The predicted octanol–water partition coefficient (Wildman–Crippen LogP) is 4.06. The number of ether oxygens (including phenoxy) is 1. The Kier molecular flexibility index (Phi) is 5.78. The molecule has 146 valence electrons. The van der Waals surface area contributed by atoms with Gasteiger partial charge < -0.3 is 14.7 Å². The van der Waals surface area contributed by atoms with E-state index in [1.165, 1.54) is 29.2 Å². The standard InChI is InChI=1S/C22H22FNO4/c1-3-12-24-19(15-6-5-7-17(13-15)28-4-2)18(21(26)22(24)27)20(25)14-8-10-16(23)11-9-14/h5-11,13,19,25H,3-4,12H2,1-2H3/b20-18-. The molecule has 1 atom stereocenters. The average molecular weight is 383 g/mol. The van der Waals surface area contributed by atoms with E-state index < -0.39 is 23.5 Å². The van der Waals surface area contributed by atoms with Gasteiger partial charge in [-0.15, -0.1) is 0 Å². The van der Waals surface area contributed by atoms with Gasteiger partial charge in [0.25, 0.3) is 11.7 Å². The lowest BCUT2D eigenvalue weighted by atomic mass is 9.95. The van der Waals surface area contributed by atoms with Gasteiger partial charge in [-0.05, 0) is 55.3 Å². The van der Waals surface area contributed by atoms with Crippen LogP contribution in [0.2, 0.25) is 0 Å². The third kappa shape index (κ3) is 3.63. The Morgan fingerprint density at radius 3 is 2.50 bits per heavy atom. The molecule has 28 heavy (non-hydrogen) atoms. The van der Waals surface area contributed by atoms with Crippen molar-refractivity contribution in [3.63, 3.8) is 0 Å². The van der Waals surface area contributed by atoms with E-state index in [1.807, 2.05) is 13.8 Å². The predicted molar refractivity (Wildman–Crippen MR) is 103 cm³/mol. The normalized spacial score (nSPS) is 18.5. The summed E-state index contributed by atoms with van der Waals surface area (Å²) < 4.78 is 18.8. The summed E-state index contributed by atoms with van der Waals surface area (Å²) in [6.45, 7) is 4.62. The van der Waals surface area contributed by atoms with Crippen LogP contribution in [0.3, 0.4) is 0 Å². The number of benzene rings is 2. The number of carbonyl (C=O) groups is 2. The van der Waals surface area contributed by atoms with E-state index in [0.29, 0.717) is 30.9 Å². The number of Topliss-reactive ketones (excluding diaryl/α,β-unsaturated/α-hetero) is 1. The van der Waals surface area contributed by atoms with Gasteiger partial charge in [-0.2, -0.15) is 0 Å². The Morgan fingerprint density at radius 2 is 1.86 bits per heavy atom. The molecule has 5 nitrogen and oxygen atoms in total. The fourth-order valence-corrected chi connectivity index (χ4v) is 3.40. The van der Waals surface area contributed by atoms with Crippen molar-refractivity contribution in [1.82, 2.24) is 4.90 Å². The van der Waals surface area contributed by atoms with Crippen LogP contribution in [0.5, 0.6) is 5.75 Å². The number of halogens is 1. The Bertz CT molecular complexity index is 920. The van der Waals surface area contributed by atoms with E-state index in [2.05, 4.69) is 0 Å². The second kappa shape index (κ2) is 8.25. The number of aliphatic hydroxyl groups is 1. The van der Waals surface area contributed by atoms with Crippen molar-refractivity contribution in [2.24, 2.45) is 0 Å². The van der Waals surface area contributed by atoms with Gasteiger partial charge in [0.05, 0.1) is 18.2 Å². The zero-order chi connectivity index (χ0) is 20.3. The molecule has 2 aromatic rings. The van der Waals surface area contributed by atoms with Gasteiger partial charge >= 0.3 is 0 Å². The number of aliphatic hydroxyl groups excluding tert-OH is 1. The van der Waals surface area contributed by atoms with Crippen molar-refractivity contribution < 1.29 is 23.8 Å². The largest absolute Gasteiger partial charge is 0.507 e. The zero-order valence-electron chi connectivity index (χ0n) is 15.8. The number of carbonyl (C=O) groups excluding carboxylic acids is 2. The van der Waals surface area contributed by atoms with Crippen LogP contribution in [-0.2, 0) is 9.59 Å². The van der Waals surface area contributed by atoms with Crippen LogP contribution in [0.4, 0.5) is 4.39 Å². The molecule has 0 radical (unpaired) electrons. The van der Waals surface area contributed by atoms with Crippen LogP contribution in [-0.4, -0.2) is 34.8 Å². The first-order chi connectivity index (χ1) is 13.5. The molecule has 0 aliphatic carbocycles. The number of hydrogen-bond acceptors (Lipinski definition) is 4. The second-order valence-electron chi connectivity index (χ2n) is 6.50. The number of hydrogen-bond donors (Lipinski definition) is 1. The van der Waals surface area contributed by atoms with E-state index >= 15 is 0 Å². The lowest BCUT2D eigenvalue weighted by molar-refractivity contribution is -0.139. The van der Waals surface area contributed by atoms with Crippen molar-refractivity contribution >= 4 is 17.4 Å². The van der Waals surface area contributed by atoms with Crippen molar-refractivity contribution in [3.8, 4) is 5.75 Å². The summed E-state index contributed by atoms with van der Waals surface area (Å²) in [5.41, 5.74) is 0.947. The molecule has 2 aromatic carbocycles. The average Bonchev–Trinajstić information content (AvgIpc) is 2.94. The van der Waals surface area contributed by atoms with Crippen LogP contribution in [0.15, 0.2) is 54.1 Å². The van der Waals surface area contributed by atoms with Crippen molar-refractivity contribution in [2.75, 3.05) is 13.2 Å². The molecule has 0 aromatic heterocycles. The van der Waals surface area contributed by atoms with Crippen LogP contribution >= 0.6 is 0 Å². The molecule has 0 spiro atoms. The molecule has 3 rings (SSSR count). The minimum atomic E-state index is -0.748. The molecule has 1 amide bonds. The molecular formula is C22H22FNO4. The topological polar surface area (TPSA) is 66.8 Å². The lowest BCUT2D eigenvalue weighted by Gasteiger charge is -2.25. The molecule has 0 bridgehead atoms. The molecular weight excluding hydrogens is 361 g/mol. The molecule has 1 N–H and O–H groups in total. The summed E-state index contributed by atoms with van der Waals surface area (Å²) >= 11 is 0. The minimum Gasteiger partial charge on any atom is -0.507 e. The number of nitrogens with zero attached hydrogens (tertiary/aromatic N) is 1. The van der Waals surface area contributed by atoms with E-state index in [-0.39, 0.29) is 16.9 Å². The SMILES string of the molecule is CCCN1C(=O)C(=O)/C(=C(\O)c2ccc(F)cc2)C1c1cccc(OCC)c1. The van der Waals surface area contributed by atoms with Crippen LogP contribution in [0.25, 0.3) is 5.76 Å². The summed E-state index contributed by atoms with van der Waals surface area (Å²) in [6, 6.07) is 11.6. The first kappa shape index (κ1) is 19.6. The maximum Gasteiger partial charge on any atom is 0.295 e. The second-order valence-corrected chi connectivity index (χ2v) is 6.50. The molecule has 1 saturated heterocycles. The maximum atomic E-state index is 13.2. The highest BCUT2D eigenvalue weighted by Crippen LogP contribution is 2.40. The summed E-state index contributed by atoms with van der Waals surface area (Å²) in [4.78, 5) is 26.8. The third-order valence-corrected chi connectivity index (χ3v) is 4.61. The number of ketones is 1. The molecule has 0 saturated carbocycles. The van der Waals surface area contributed by atoms with E-state index in [4.69, 9.17) is 4.74 Å². The van der Waals surface area contributed by atoms with Gasteiger partial charge in [0, 0.05) is 12.1 Å². The van der Waals surface area contributed by atoms with Gasteiger partial charge in [-0.1, -0.05) is 19.1 Å². The number of amides is 1. The van der Waals surface area contributed by atoms with E-state index in [1.54, 1.807) is 24.3 Å². The van der Waals surface area contributed by atoms with Gasteiger partial charge in [0.2, 0.25) is 0 Å². The van der Waals surface area contributed by atoms with E-state index in [9.17, 15) is 19.1 Å². The Morgan fingerprint density at radius 1 is 1.14 bits per heavy atom. The fraction of sp³-hybridized carbons (Fsp3) is 0.273. The van der Waals surface area contributed by atoms with Crippen molar-refractivity contribution in [1.29, 1.82) is 0 Å². The molecule has 1 fully saturated rings. The third-order valence-electron chi connectivity index (χ3n) is 4.61. The summed E-state index contributed by atoms with van der Waals surface area (Å²) in [7, 11) is 0. The van der Waals surface area contributed by atoms with Gasteiger partial charge in [0.1, 0.15) is 17.3 Å². The van der Waals surface area contributed by atoms with Crippen LogP contribution < -0.4 is 4.74 Å². The van der Waals surface area contributed by atoms with Gasteiger partial charge in [-0.25, -0.2) is 4.39 Å². The van der Waals surface area contributed by atoms with Gasteiger partial charge in [0.15, 0.2) is 0 Å². The van der Waals surface area contributed by atoms with Gasteiger partial charge in [-0.3, -0.25) is 9.59 Å². The summed E-state index contributed by atoms with van der Waals surface area (Å²) in [5, 5.41) is 10.8. The first-order valence-electron chi connectivity index (χ1n) is 9.25. The smallest absolute Gasteiger partial charge is 0.295 e. The Labute approximate surface area is 163 Å². The number of rotatable bonds is 6. The molecule has 1 aliphatic heterocycles. The highest BCUT2D eigenvalue weighted by molar-refractivity contribution is 6.46. The minimum absolute atomic E-state index is 0.00120. The van der Waals surface area contributed by atoms with E-state index in [0.717, 1.165) is 0 Å². The van der Waals surface area contributed by atoms with Crippen LogP contribution in [0.1, 0.15) is 37.4 Å². The van der Waals surface area contributed by atoms with Crippen molar-refractivity contribution in [2.45, 2.75) is 26.3 Å². The molecule has 6 heteroatoms. The maximum absolute atomic E-state index is 13.2. The Hall–Kier alpha value is -3.15. The monoisotopic (exact) mass is 383 g/mol. The summed E-state index contributed by atoms with van der Waals surface area (Å²) in [5.74, 6) is -1.56. The molecule has 1 aliphatic rings. The van der Waals surface area contributed by atoms with Crippen LogP contribution in [0, 0.1) is 5.82 Å². The first-order valence-corrected chi connectivity index (χ1v) is 9.25. The Balaban J connectivity index is 2.16. The quantitative estimate of drug-likeness (QED) is 0.464. The lowest BCUT2D eigenvalue weighted by Crippen LogP contribution is -2.30.